The first-order chi connectivity index (χ1) is 14.7. The maximum Gasteiger partial charge on any atom is 0.0712 e. The first-order valence-electron chi connectivity index (χ1n) is 11.3. The fraction of sp³-hybridized carbons (Fsp3) is 0.222. The molecule has 1 heteroatoms. The minimum Gasteiger partial charge on any atom is -0.248 e. The van der Waals surface area contributed by atoms with Gasteiger partial charge in [-0.3, -0.25) is 0 Å². The first kappa shape index (κ1) is 15.0. The van der Waals surface area contributed by atoms with Gasteiger partial charge in [0, 0.05) is 15.1 Å². The minimum absolute atomic E-state index is 0.356. The van der Waals surface area contributed by atoms with Gasteiger partial charge in [0.2, 0.25) is 0 Å². The van der Waals surface area contributed by atoms with E-state index in [1.54, 1.807) is 12.1 Å². The maximum absolute atomic E-state index is 7.81. The van der Waals surface area contributed by atoms with Crippen molar-refractivity contribution in [2.24, 2.45) is 5.92 Å². The van der Waals surface area contributed by atoms with E-state index in [9.17, 15) is 0 Å². The van der Waals surface area contributed by atoms with Crippen LogP contribution in [-0.4, -0.2) is 4.98 Å². The standard InChI is InChI=1S/C27H27N/c1-18(2)12-23-17-27(24-14-19(3)13-20(4)15-24)28-26-11-10-22(16-25(23)26)21-8-6-5-7-9-21/h5-11,13-18H,12H2,1-4H3/i3D3. The van der Waals surface area contributed by atoms with Crippen LogP contribution in [0.15, 0.2) is 72.8 Å². The molecular formula is C27H27N. The molecule has 0 N–H and O–H groups in total. The largest absolute Gasteiger partial charge is 0.248 e. The third-order valence-corrected chi connectivity index (χ3v) is 5.00. The third-order valence-electron chi connectivity index (χ3n) is 5.00. The zero-order chi connectivity index (χ0) is 22.2. The Labute approximate surface area is 172 Å². The van der Waals surface area contributed by atoms with Crippen LogP contribution in [0.2, 0.25) is 0 Å². The molecule has 0 unspecified atom stereocenters. The second-order valence-electron chi connectivity index (χ2n) is 7.95. The Morgan fingerprint density at radius 1 is 0.821 bits per heavy atom. The molecular weight excluding hydrogens is 338 g/mol. The molecule has 1 aromatic heterocycles. The van der Waals surface area contributed by atoms with Gasteiger partial charge >= 0.3 is 0 Å². The fourth-order valence-corrected chi connectivity index (χ4v) is 3.79. The second-order valence-corrected chi connectivity index (χ2v) is 7.95. The summed E-state index contributed by atoms with van der Waals surface area (Å²) in [5.41, 5.74) is 7.49. The van der Waals surface area contributed by atoms with E-state index in [0.717, 1.165) is 34.1 Å². The number of pyridine rings is 1. The molecule has 1 heterocycles. The van der Waals surface area contributed by atoms with Crippen molar-refractivity contribution in [3.63, 3.8) is 0 Å². The number of aromatic nitrogens is 1. The SMILES string of the molecule is [2H]C([2H])([2H])c1cc(C)cc(-c2cc(CC(C)C)c3cc(-c4ccccc4)ccc3n2)c1. The number of rotatable bonds is 4. The zero-order valence-electron chi connectivity index (χ0n) is 19.7. The molecule has 0 saturated carbocycles. The summed E-state index contributed by atoms with van der Waals surface area (Å²) in [6.07, 6.45) is 0.933. The Bertz CT molecular complexity index is 1220. The third kappa shape index (κ3) is 3.84. The fourth-order valence-electron chi connectivity index (χ4n) is 3.79. The summed E-state index contributed by atoms with van der Waals surface area (Å²) < 4.78 is 23.4. The highest BCUT2D eigenvalue weighted by Gasteiger charge is 2.11. The number of aryl methyl sites for hydroxylation is 2. The predicted molar refractivity (Wildman–Crippen MR) is 121 cm³/mol. The molecule has 0 radical (unpaired) electrons. The van der Waals surface area contributed by atoms with Gasteiger partial charge in [-0.05, 0) is 73.1 Å². The molecule has 0 aliphatic heterocycles. The van der Waals surface area contributed by atoms with E-state index in [4.69, 9.17) is 9.10 Å². The average molecular weight is 369 g/mol. The lowest BCUT2D eigenvalue weighted by Gasteiger charge is -2.14. The van der Waals surface area contributed by atoms with Gasteiger partial charge in [-0.2, -0.15) is 0 Å². The monoisotopic (exact) mass is 368 g/mol. The molecule has 0 aliphatic rings. The van der Waals surface area contributed by atoms with Gasteiger partial charge < -0.3 is 0 Å². The van der Waals surface area contributed by atoms with E-state index < -0.39 is 6.85 Å². The Kier molecular flexibility index (Phi) is 4.08. The molecule has 0 atom stereocenters. The van der Waals surface area contributed by atoms with Crippen molar-refractivity contribution in [3.05, 3.63) is 89.5 Å². The normalized spacial score (nSPS) is 13.4. The van der Waals surface area contributed by atoms with Gasteiger partial charge in [0.15, 0.2) is 0 Å². The zero-order valence-corrected chi connectivity index (χ0v) is 16.7. The Morgan fingerprint density at radius 2 is 1.61 bits per heavy atom. The molecule has 4 rings (SSSR count). The highest BCUT2D eigenvalue weighted by Crippen LogP contribution is 2.31. The van der Waals surface area contributed by atoms with Gasteiger partial charge in [-0.1, -0.05) is 67.4 Å². The lowest BCUT2D eigenvalue weighted by Crippen LogP contribution is -1.99. The topological polar surface area (TPSA) is 12.9 Å². The van der Waals surface area contributed by atoms with Crippen molar-refractivity contribution in [1.29, 1.82) is 0 Å². The summed E-state index contributed by atoms with van der Waals surface area (Å²) in [5.74, 6) is 0.495. The van der Waals surface area contributed by atoms with Crippen LogP contribution < -0.4 is 0 Å². The number of hydrogen-bond acceptors (Lipinski definition) is 1. The number of nitrogens with zero attached hydrogens (tertiary/aromatic N) is 1. The van der Waals surface area contributed by atoms with Crippen LogP contribution in [-0.2, 0) is 6.42 Å². The molecule has 0 saturated heterocycles. The Morgan fingerprint density at radius 3 is 2.36 bits per heavy atom. The van der Waals surface area contributed by atoms with E-state index in [1.807, 2.05) is 19.1 Å². The highest BCUT2D eigenvalue weighted by molar-refractivity contribution is 5.89. The first-order valence-corrected chi connectivity index (χ1v) is 9.82. The van der Waals surface area contributed by atoms with Crippen molar-refractivity contribution in [3.8, 4) is 22.4 Å². The van der Waals surface area contributed by atoms with Gasteiger partial charge in [0.25, 0.3) is 0 Å². The van der Waals surface area contributed by atoms with Crippen LogP contribution in [0.1, 0.15) is 34.7 Å². The molecule has 1 nitrogen and oxygen atoms in total. The Hall–Kier alpha value is -2.93. The van der Waals surface area contributed by atoms with Crippen LogP contribution in [0.3, 0.4) is 0 Å². The van der Waals surface area contributed by atoms with E-state index in [2.05, 4.69) is 62.4 Å². The van der Waals surface area contributed by atoms with Crippen LogP contribution in [0.4, 0.5) is 0 Å². The summed E-state index contributed by atoms with van der Waals surface area (Å²) >= 11 is 0. The van der Waals surface area contributed by atoms with Gasteiger partial charge in [0.05, 0.1) is 11.2 Å². The van der Waals surface area contributed by atoms with Crippen molar-refractivity contribution >= 4 is 10.9 Å². The summed E-state index contributed by atoms with van der Waals surface area (Å²) in [6.45, 7) is 4.22. The molecule has 0 fully saturated rings. The quantitative estimate of drug-likeness (QED) is 0.366. The molecule has 3 aromatic carbocycles. The van der Waals surface area contributed by atoms with E-state index >= 15 is 0 Å². The lowest BCUT2D eigenvalue weighted by molar-refractivity contribution is 0.650. The number of fused-ring (bicyclic) bond motifs is 1. The van der Waals surface area contributed by atoms with Gasteiger partial charge in [0.1, 0.15) is 0 Å². The molecule has 0 aliphatic carbocycles. The highest BCUT2D eigenvalue weighted by atomic mass is 14.7. The molecule has 28 heavy (non-hydrogen) atoms. The predicted octanol–water partition coefficient (Wildman–Crippen LogP) is 7.38. The molecule has 140 valence electrons. The Balaban J connectivity index is 1.90. The summed E-state index contributed by atoms with van der Waals surface area (Å²) in [5, 5.41) is 1.16. The molecule has 0 amide bonds. The average Bonchev–Trinajstić information content (AvgIpc) is 2.72. The van der Waals surface area contributed by atoms with Gasteiger partial charge in [-0.25, -0.2) is 4.98 Å². The van der Waals surface area contributed by atoms with Crippen molar-refractivity contribution in [2.75, 3.05) is 0 Å². The smallest absolute Gasteiger partial charge is 0.0712 e. The molecule has 0 spiro atoms. The van der Waals surface area contributed by atoms with Crippen LogP contribution >= 0.6 is 0 Å². The van der Waals surface area contributed by atoms with E-state index in [0.29, 0.717) is 11.5 Å². The van der Waals surface area contributed by atoms with Crippen molar-refractivity contribution in [2.45, 2.75) is 34.0 Å². The number of hydrogen-bond donors (Lipinski definition) is 0. The van der Waals surface area contributed by atoms with Gasteiger partial charge in [-0.15, -0.1) is 0 Å². The summed E-state index contributed by atoms with van der Waals surface area (Å²) in [7, 11) is 0. The molecule has 4 aromatic rings. The summed E-state index contributed by atoms with van der Waals surface area (Å²) in [6, 6.07) is 24.4. The van der Waals surface area contributed by atoms with Crippen LogP contribution in [0.25, 0.3) is 33.3 Å². The van der Waals surface area contributed by atoms with Crippen molar-refractivity contribution in [1.82, 2.24) is 4.98 Å². The maximum atomic E-state index is 7.81. The van der Waals surface area contributed by atoms with E-state index in [-0.39, 0.29) is 0 Å². The second kappa shape index (κ2) is 7.59. The van der Waals surface area contributed by atoms with Crippen LogP contribution in [0.5, 0.6) is 0 Å². The minimum atomic E-state index is -2.14. The number of benzene rings is 3. The van der Waals surface area contributed by atoms with Crippen LogP contribution in [0, 0.1) is 19.7 Å². The van der Waals surface area contributed by atoms with Crippen molar-refractivity contribution < 1.29 is 4.11 Å². The lowest BCUT2D eigenvalue weighted by atomic mass is 9.94. The molecule has 0 bridgehead atoms. The summed E-state index contributed by atoms with van der Waals surface area (Å²) in [4.78, 5) is 4.93. The van der Waals surface area contributed by atoms with E-state index in [1.165, 1.54) is 16.7 Å².